The predicted molar refractivity (Wildman–Crippen MR) is 74.6 cm³/mol. The molecule has 1 atom stereocenters. The van der Waals surface area contributed by atoms with Crippen LogP contribution in [-0.2, 0) is 9.59 Å². The third-order valence-corrected chi connectivity index (χ3v) is 3.05. The summed E-state index contributed by atoms with van der Waals surface area (Å²) in [7, 11) is 0. The Morgan fingerprint density at radius 3 is 2.68 bits per heavy atom. The smallest absolute Gasteiger partial charge is 0.328 e. The number of amides is 1. The molecule has 1 amide bonds. The molecule has 0 fully saturated rings. The number of aliphatic carboxylic acids is 1. The lowest BCUT2D eigenvalue weighted by Gasteiger charge is -2.09. The summed E-state index contributed by atoms with van der Waals surface area (Å²) in [4.78, 5) is 22.1. The first kappa shape index (κ1) is 15.4. The minimum atomic E-state index is -1.29. The van der Waals surface area contributed by atoms with Gasteiger partial charge >= 0.3 is 5.97 Å². The Kier molecular flexibility index (Phi) is 5.72. The highest BCUT2D eigenvalue weighted by Gasteiger charge is 2.17. The van der Waals surface area contributed by atoms with E-state index < -0.39 is 24.5 Å². The third kappa shape index (κ3) is 4.84. The van der Waals surface area contributed by atoms with Gasteiger partial charge in [0, 0.05) is 10.5 Å². The van der Waals surface area contributed by atoms with Crippen LogP contribution in [0, 0.1) is 6.92 Å². The predicted octanol–water partition coefficient (Wildman–Crippen LogP) is 1.33. The van der Waals surface area contributed by atoms with Gasteiger partial charge in [-0.05, 0) is 30.2 Å². The Labute approximate surface area is 119 Å². The number of carbonyl (C=O) groups excluding carboxylic acids is 1. The molecule has 0 aliphatic carbocycles. The molecule has 19 heavy (non-hydrogen) atoms. The number of nitrogens with one attached hydrogen (secondary N) is 1. The lowest BCUT2D eigenvalue weighted by molar-refractivity contribution is -0.142. The molecule has 1 unspecified atom stereocenters. The van der Waals surface area contributed by atoms with Gasteiger partial charge in [0.1, 0.15) is 0 Å². The van der Waals surface area contributed by atoms with Crippen LogP contribution in [0.2, 0.25) is 0 Å². The zero-order chi connectivity index (χ0) is 14.4. The van der Waals surface area contributed by atoms with E-state index in [1.807, 2.05) is 25.1 Å². The SMILES string of the molecule is Cc1ccc(/C=C/C(=O)NC(CO)C(=O)O)c(Br)c1. The molecule has 0 bridgehead atoms. The highest BCUT2D eigenvalue weighted by atomic mass is 79.9. The van der Waals surface area contributed by atoms with Gasteiger partial charge in [0.25, 0.3) is 0 Å². The van der Waals surface area contributed by atoms with Crippen LogP contribution >= 0.6 is 15.9 Å². The summed E-state index contributed by atoms with van der Waals surface area (Å²) in [5, 5.41) is 19.6. The maximum Gasteiger partial charge on any atom is 0.328 e. The maximum absolute atomic E-state index is 11.5. The first-order chi connectivity index (χ1) is 8.93. The maximum atomic E-state index is 11.5. The van der Waals surface area contributed by atoms with E-state index in [0.717, 1.165) is 15.6 Å². The molecule has 0 aliphatic heterocycles. The van der Waals surface area contributed by atoms with Gasteiger partial charge in [0.05, 0.1) is 6.61 Å². The molecular weight excluding hydrogens is 314 g/mol. The van der Waals surface area contributed by atoms with Crippen LogP contribution in [-0.4, -0.2) is 34.7 Å². The van der Waals surface area contributed by atoms with Gasteiger partial charge in [-0.15, -0.1) is 0 Å². The molecule has 0 saturated carbocycles. The minimum Gasteiger partial charge on any atom is -0.480 e. The average Bonchev–Trinajstić information content (AvgIpc) is 2.34. The van der Waals surface area contributed by atoms with Crippen LogP contribution in [0.25, 0.3) is 6.08 Å². The van der Waals surface area contributed by atoms with Crippen LogP contribution in [0.3, 0.4) is 0 Å². The first-order valence-electron chi connectivity index (χ1n) is 5.52. The van der Waals surface area contributed by atoms with Crippen molar-refractivity contribution in [3.05, 3.63) is 39.9 Å². The molecule has 0 radical (unpaired) electrons. The van der Waals surface area contributed by atoms with E-state index in [2.05, 4.69) is 21.2 Å². The second-order valence-corrected chi connectivity index (χ2v) is 4.79. The fourth-order valence-electron chi connectivity index (χ4n) is 1.34. The van der Waals surface area contributed by atoms with Crippen molar-refractivity contribution in [1.82, 2.24) is 5.32 Å². The number of halogens is 1. The molecule has 3 N–H and O–H groups in total. The zero-order valence-corrected chi connectivity index (χ0v) is 11.8. The molecule has 0 aliphatic rings. The summed E-state index contributed by atoms with van der Waals surface area (Å²) in [6.07, 6.45) is 2.79. The van der Waals surface area contributed by atoms with E-state index in [0.29, 0.717) is 0 Å². The number of hydrogen-bond acceptors (Lipinski definition) is 3. The van der Waals surface area contributed by atoms with Gasteiger partial charge in [-0.1, -0.05) is 28.1 Å². The van der Waals surface area contributed by atoms with Crippen molar-refractivity contribution in [3.8, 4) is 0 Å². The normalized spacial score (nSPS) is 12.4. The summed E-state index contributed by atoms with van der Waals surface area (Å²) in [5.41, 5.74) is 1.89. The quantitative estimate of drug-likeness (QED) is 0.712. The van der Waals surface area contributed by atoms with Crippen molar-refractivity contribution in [1.29, 1.82) is 0 Å². The molecule has 0 saturated heterocycles. The van der Waals surface area contributed by atoms with E-state index in [9.17, 15) is 9.59 Å². The Morgan fingerprint density at radius 1 is 1.47 bits per heavy atom. The fourth-order valence-corrected chi connectivity index (χ4v) is 1.96. The number of carbonyl (C=O) groups is 2. The van der Waals surface area contributed by atoms with Gasteiger partial charge < -0.3 is 15.5 Å². The summed E-state index contributed by atoms with van der Waals surface area (Å²) in [6.45, 7) is 1.30. The minimum absolute atomic E-state index is 0.575. The molecule has 0 heterocycles. The van der Waals surface area contributed by atoms with Gasteiger partial charge in [0.15, 0.2) is 6.04 Å². The highest BCUT2D eigenvalue weighted by molar-refractivity contribution is 9.10. The third-order valence-electron chi connectivity index (χ3n) is 2.37. The first-order valence-corrected chi connectivity index (χ1v) is 6.31. The molecule has 0 spiro atoms. The van der Waals surface area contributed by atoms with Crippen LogP contribution in [0.5, 0.6) is 0 Å². The van der Waals surface area contributed by atoms with E-state index in [1.54, 1.807) is 6.08 Å². The lowest BCUT2D eigenvalue weighted by Crippen LogP contribution is -2.42. The van der Waals surface area contributed by atoms with E-state index >= 15 is 0 Å². The number of carboxylic acid groups (broad SMARTS) is 1. The standard InChI is InChI=1S/C13H14BrNO4/c1-8-2-3-9(10(14)6-8)4-5-12(17)15-11(7-16)13(18)19/h2-6,11,16H,7H2,1H3,(H,15,17)(H,18,19)/b5-4+. The number of aliphatic hydroxyl groups excluding tert-OH is 1. The number of benzene rings is 1. The average molecular weight is 328 g/mol. The number of hydrogen-bond donors (Lipinski definition) is 3. The topological polar surface area (TPSA) is 86.6 Å². The molecule has 1 rings (SSSR count). The summed E-state index contributed by atoms with van der Waals surface area (Å²) < 4.78 is 0.841. The highest BCUT2D eigenvalue weighted by Crippen LogP contribution is 2.19. The molecule has 102 valence electrons. The zero-order valence-electron chi connectivity index (χ0n) is 10.3. The van der Waals surface area contributed by atoms with Crippen molar-refractivity contribution < 1.29 is 19.8 Å². The van der Waals surface area contributed by atoms with Gasteiger partial charge in [-0.25, -0.2) is 4.79 Å². The van der Waals surface area contributed by atoms with Crippen LogP contribution in [0.1, 0.15) is 11.1 Å². The summed E-state index contributed by atoms with van der Waals surface area (Å²) in [5.74, 6) is -1.85. The number of aliphatic hydroxyl groups is 1. The van der Waals surface area contributed by atoms with E-state index in [-0.39, 0.29) is 0 Å². The van der Waals surface area contributed by atoms with Crippen molar-refractivity contribution in [2.75, 3.05) is 6.61 Å². The van der Waals surface area contributed by atoms with Crippen LogP contribution in [0.15, 0.2) is 28.7 Å². The molecule has 1 aromatic carbocycles. The molecular formula is C13H14BrNO4. The summed E-state index contributed by atoms with van der Waals surface area (Å²) in [6, 6.07) is 4.35. The van der Waals surface area contributed by atoms with Gasteiger partial charge in [-0.3, -0.25) is 4.79 Å². The van der Waals surface area contributed by atoms with Gasteiger partial charge in [0.2, 0.25) is 5.91 Å². The molecule has 0 aromatic heterocycles. The van der Waals surface area contributed by atoms with Crippen molar-refractivity contribution in [3.63, 3.8) is 0 Å². The number of carboxylic acids is 1. The second kappa shape index (κ2) is 7.06. The van der Waals surface area contributed by atoms with Crippen molar-refractivity contribution in [2.45, 2.75) is 13.0 Å². The van der Waals surface area contributed by atoms with Crippen molar-refractivity contribution in [2.24, 2.45) is 0 Å². The Bertz CT molecular complexity index is 513. The van der Waals surface area contributed by atoms with E-state index in [4.69, 9.17) is 10.2 Å². The molecule has 1 aromatic rings. The summed E-state index contributed by atoms with van der Waals surface area (Å²) >= 11 is 3.37. The van der Waals surface area contributed by atoms with Gasteiger partial charge in [-0.2, -0.15) is 0 Å². The Hall–Kier alpha value is -1.66. The molecule has 6 heteroatoms. The Morgan fingerprint density at radius 2 is 2.16 bits per heavy atom. The second-order valence-electron chi connectivity index (χ2n) is 3.94. The molecule has 5 nitrogen and oxygen atoms in total. The van der Waals surface area contributed by atoms with Crippen LogP contribution < -0.4 is 5.32 Å². The number of rotatable bonds is 5. The van der Waals surface area contributed by atoms with Crippen molar-refractivity contribution >= 4 is 33.9 Å². The lowest BCUT2D eigenvalue weighted by atomic mass is 10.1. The Balaban J connectivity index is 2.70. The van der Waals surface area contributed by atoms with E-state index in [1.165, 1.54) is 6.08 Å². The fraction of sp³-hybridized carbons (Fsp3) is 0.231. The largest absolute Gasteiger partial charge is 0.480 e. The monoisotopic (exact) mass is 327 g/mol. The van der Waals surface area contributed by atoms with Crippen LogP contribution in [0.4, 0.5) is 0 Å². The number of aryl methyl sites for hydroxylation is 1.